The zero-order valence-corrected chi connectivity index (χ0v) is 14.3. The molecule has 1 aromatic carbocycles. The van der Waals surface area contributed by atoms with E-state index in [9.17, 15) is 9.18 Å². The van der Waals surface area contributed by atoms with Crippen molar-refractivity contribution in [2.75, 3.05) is 0 Å². The lowest BCUT2D eigenvalue weighted by molar-refractivity contribution is 0.104. The number of carbonyl (C=O) groups is 1. The monoisotopic (exact) mass is 340 g/mol. The molecule has 0 radical (unpaired) electrons. The van der Waals surface area contributed by atoms with Crippen LogP contribution in [-0.2, 0) is 0 Å². The molecule has 0 amide bonds. The second-order valence-electron chi connectivity index (χ2n) is 5.68. The molecule has 122 valence electrons. The summed E-state index contributed by atoms with van der Waals surface area (Å²) in [7, 11) is 0. The molecule has 2 heterocycles. The van der Waals surface area contributed by atoms with E-state index in [2.05, 4.69) is 5.10 Å². The van der Waals surface area contributed by atoms with Crippen molar-refractivity contribution >= 4 is 23.2 Å². The van der Waals surface area contributed by atoms with Crippen molar-refractivity contribution in [2.24, 2.45) is 0 Å². The molecular weight excluding hydrogens is 323 g/mol. The van der Waals surface area contributed by atoms with Gasteiger partial charge in [-0.1, -0.05) is 18.2 Å². The summed E-state index contributed by atoms with van der Waals surface area (Å²) in [6.45, 7) is 4.01. The summed E-state index contributed by atoms with van der Waals surface area (Å²) in [6, 6.07) is 10.6. The third-order valence-corrected chi connectivity index (χ3v) is 4.66. The van der Waals surface area contributed by atoms with Crippen LogP contribution in [0.2, 0.25) is 0 Å². The number of hydrogen-bond acceptors (Lipinski definition) is 3. The summed E-state index contributed by atoms with van der Waals surface area (Å²) >= 11 is 1.45. The predicted octanol–water partition coefficient (Wildman–Crippen LogP) is 5.23. The van der Waals surface area contributed by atoms with Crippen molar-refractivity contribution < 1.29 is 9.18 Å². The van der Waals surface area contributed by atoms with E-state index in [4.69, 9.17) is 0 Å². The van der Waals surface area contributed by atoms with E-state index in [0.29, 0.717) is 11.1 Å². The Morgan fingerprint density at radius 1 is 1.25 bits per heavy atom. The summed E-state index contributed by atoms with van der Waals surface area (Å²) < 4.78 is 15.6. The van der Waals surface area contributed by atoms with Crippen LogP contribution in [0.3, 0.4) is 0 Å². The fraction of sp³-hybridized carbons (Fsp3) is 0.158. The van der Waals surface area contributed by atoms with Crippen LogP contribution in [0.25, 0.3) is 16.5 Å². The number of thiophene rings is 1. The Bertz CT molecular complexity index is 892. The second kappa shape index (κ2) is 6.93. The van der Waals surface area contributed by atoms with E-state index in [0.717, 1.165) is 9.75 Å². The maximum Gasteiger partial charge on any atom is 0.189 e. The molecule has 3 aromatic rings. The molecule has 0 saturated heterocycles. The molecule has 5 heteroatoms. The molecule has 0 spiro atoms. The fourth-order valence-electron chi connectivity index (χ4n) is 2.25. The first kappa shape index (κ1) is 16.3. The van der Waals surface area contributed by atoms with E-state index < -0.39 is 0 Å². The van der Waals surface area contributed by atoms with Crippen LogP contribution in [0.5, 0.6) is 0 Å². The maximum atomic E-state index is 13.8. The first-order valence-corrected chi connectivity index (χ1v) is 8.47. The van der Waals surface area contributed by atoms with Gasteiger partial charge in [0.15, 0.2) is 5.78 Å². The van der Waals surface area contributed by atoms with Gasteiger partial charge >= 0.3 is 0 Å². The van der Waals surface area contributed by atoms with E-state index in [-0.39, 0.29) is 17.6 Å². The Hall–Kier alpha value is -2.53. The highest BCUT2D eigenvalue weighted by Gasteiger charge is 2.09. The molecule has 3 nitrogen and oxygen atoms in total. The van der Waals surface area contributed by atoms with E-state index in [1.165, 1.54) is 23.5 Å². The zero-order chi connectivity index (χ0) is 17.1. The van der Waals surface area contributed by atoms with Gasteiger partial charge in [-0.15, -0.1) is 11.3 Å². The van der Waals surface area contributed by atoms with Crippen molar-refractivity contribution in [3.63, 3.8) is 0 Å². The number of carbonyl (C=O) groups excluding carboxylic acids is 1. The number of aromatic nitrogens is 2. The summed E-state index contributed by atoms with van der Waals surface area (Å²) in [4.78, 5) is 13.9. The molecule has 0 fully saturated rings. The topological polar surface area (TPSA) is 34.9 Å². The molecule has 0 bridgehead atoms. The number of benzene rings is 1. The first-order valence-electron chi connectivity index (χ1n) is 7.66. The van der Waals surface area contributed by atoms with Crippen molar-refractivity contribution in [1.82, 2.24) is 9.78 Å². The van der Waals surface area contributed by atoms with E-state index >= 15 is 0 Å². The Labute approximate surface area is 144 Å². The zero-order valence-electron chi connectivity index (χ0n) is 13.4. The molecule has 0 aliphatic carbocycles. The fourth-order valence-corrected chi connectivity index (χ4v) is 3.19. The number of halogens is 1. The van der Waals surface area contributed by atoms with Gasteiger partial charge in [0.25, 0.3) is 0 Å². The van der Waals surface area contributed by atoms with Gasteiger partial charge in [-0.05, 0) is 44.2 Å². The summed E-state index contributed by atoms with van der Waals surface area (Å²) in [5.41, 5.74) is 1.14. The molecule has 0 unspecified atom stereocenters. The molecule has 0 saturated carbocycles. The van der Waals surface area contributed by atoms with Crippen LogP contribution in [0.15, 0.2) is 54.9 Å². The lowest BCUT2D eigenvalue weighted by Gasteiger charge is -2.02. The highest BCUT2D eigenvalue weighted by molar-refractivity contribution is 7.16. The third kappa shape index (κ3) is 3.51. The van der Waals surface area contributed by atoms with Gasteiger partial charge in [0.1, 0.15) is 5.82 Å². The number of allylic oxidation sites excluding steroid dienone is 1. The number of hydrogen-bond donors (Lipinski definition) is 0. The van der Waals surface area contributed by atoms with Crippen LogP contribution >= 0.6 is 11.3 Å². The molecule has 0 aliphatic heterocycles. The molecule has 3 rings (SSSR count). The Morgan fingerprint density at radius 3 is 2.75 bits per heavy atom. The Balaban J connectivity index is 1.75. The minimum absolute atomic E-state index is 0.0947. The summed E-state index contributed by atoms with van der Waals surface area (Å²) in [6.07, 6.45) is 6.60. The minimum Gasteiger partial charge on any atom is -0.289 e. The van der Waals surface area contributed by atoms with Crippen molar-refractivity contribution in [2.45, 2.75) is 19.9 Å². The molecule has 24 heavy (non-hydrogen) atoms. The van der Waals surface area contributed by atoms with Gasteiger partial charge in [0.2, 0.25) is 0 Å². The lowest BCUT2D eigenvalue weighted by Crippen LogP contribution is -2.00. The highest BCUT2D eigenvalue weighted by Crippen LogP contribution is 2.30. The molecule has 0 N–H and O–H groups in total. The van der Waals surface area contributed by atoms with Crippen LogP contribution in [0, 0.1) is 5.82 Å². The first-order chi connectivity index (χ1) is 11.5. The standard InChI is InChI=1S/C19H17FN2OS/c1-13(2)22-12-14(11-21-22)18(23)9-7-15-8-10-19(24-15)16-5-3-4-6-17(16)20/h3-13H,1-2H3/b9-7+. The van der Waals surface area contributed by atoms with Crippen LogP contribution in [0.4, 0.5) is 4.39 Å². The third-order valence-electron chi connectivity index (χ3n) is 3.58. The molecule has 2 aromatic heterocycles. The van der Waals surface area contributed by atoms with Gasteiger partial charge < -0.3 is 0 Å². The van der Waals surface area contributed by atoms with Crippen LogP contribution in [0.1, 0.15) is 35.1 Å². The highest BCUT2D eigenvalue weighted by atomic mass is 32.1. The Kier molecular flexibility index (Phi) is 4.71. The van der Waals surface area contributed by atoms with E-state index in [1.807, 2.05) is 32.0 Å². The second-order valence-corrected chi connectivity index (χ2v) is 6.80. The van der Waals surface area contributed by atoms with Gasteiger partial charge in [0, 0.05) is 27.6 Å². The van der Waals surface area contributed by atoms with Crippen LogP contribution < -0.4 is 0 Å². The number of rotatable bonds is 5. The molecule has 0 atom stereocenters. The number of nitrogens with zero attached hydrogens (tertiary/aromatic N) is 2. The Morgan fingerprint density at radius 2 is 2.04 bits per heavy atom. The van der Waals surface area contributed by atoms with Gasteiger partial charge in [-0.2, -0.15) is 5.10 Å². The van der Waals surface area contributed by atoms with Gasteiger partial charge in [-0.3, -0.25) is 9.48 Å². The molecular formula is C19H17FN2OS. The normalized spacial score (nSPS) is 11.5. The van der Waals surface area contributed by atoms with Gasteiger partial charge in [-0.25, -0.2) is 4.39 Å². The quantitative estimate of drug-likeness (QED) is 0.471. The molecule has 0 aliphatic rings. The van der Waals surface area contributed by atoms with Crippen LogP contribution in [-0.4, -0.2) is 15.6 Å². The predicted molar refractivity (Wildman–Crippen MR) is 95.7 cm³/mol. The summed E-state index contributed by atoms with van der Waals surface area (Å²) in [5, 5.41) is 4.17. The van der Waals surface area contributed by atoms with Gasteiger partial charge in [0.05, 0.1) is 11.8 Å². The smallest absolute Gasteiger partial charge is 0.189 e. The number of ketones is 1. The minimum atomic E-state index is -0.243. The van der Waals surface area contributed by atoms with Crippen molar-refractivity contribution in [1.29, 1.82) is 0 Å². The van der Waals surface area contributed by atoms with Crippen molar-refractivity contribution in [3.05, 3.63) is 71.1 Å². The SMILES string of the molecule is CC(C)n1cc(C(=O)/C=C/c2ccc(-c3ccccc3F)s2)cn1. The van der Waals surface area contributed by atoms with Crippen molar-refractivity contribution in [3.8, 4) is 10.4 Å². The lowest BCUT2D eigenvalue weighted by atomic mass is 10.2. The summed E-state index contributed by atoms with van der Waals surface area (Å²) in [5.74, 6) is -0.338. The maximum absolute atomic E-state index is 13.8. The average molecular weight is 340 g/mol. The van der Waals surface area contributed by atoms with E-state index in [1.54, 1.807) is 35.3 Å². The largest absolute Gasteiger partial charge is 0.289 e. The average Bonchev–Trinajstić information content (AvgIpc) is 3.22.